The lowest BCUT2D eigenvalue weighted by molar-refractivity contribution is -0.126. The summed E-state index contributed by atoms with van der Waals surface area (Å²) in [5, 5.41) is 3.75. The highest BCUT2D eigenvalue weighted by Gasteiger charge is 2.28. The summed E-state index contributed by atoms with van der Waals surface area (Å²) in [6.07, 6.45) is 3.92. The van der Waals surface area contributed by atoms with Crippen molar-refractivity contribution in [3.05, 3.63) is 29.0 Å². The smallest absolute Gasteiger partial charge is 0.223 e. The average Bonchev–Trinajstić information content (AvgIpc) is 3.21. The van der Waals surface area contributed by atoms with Crippen LogP contribution in [0, 0.1) is 12.8 Å². The molecule has 0 aromatic carbocycles. The standard InChI is InChI=1S/C16H21N3O4S2/c1-11-14(24-16(18-11)13-4-3-9-23-13)10-17-15(20)12-5-7-19(8-6-12)25(2,21)22/h3-4,9,12H,5-8,10H2,1-2H3,(H,17,20). The molecule has 9 heteroatoms. The van der Waals surface area contributed by atoms with Crippen molar-refractivity contribution in [3.8, 4) is 10.8 Å². The number of piperidine rings is 1. The maximum atomic E-state index is 12.4. The first-order valence-corrected chi connectivity index (χ1v) is 10.7. The first kappa shape index (κ1) is 18.1. The van der Waals surface area contributed by atoms with Crippen LogP contribution >= 0.6 is 11.3 Å². The highest BCUT2D eigenvalue weighted by Crippen LogP contribution is 2.28. The van der Waals surface area contributed by atoms with Crippen LogP contribution in [-0.2, 0) is 21.4 Å². The largest absolute Gasteiger partial charge is 0.462 e. The molecule has 2 aromatic heterocycles. The zero-order chi connectivity index (χ0) is 18.0. The number of amides is 1. The Morgan fingerprint density at radius 2 is 2.16 bits per heavy atom. The summed E-state index contributed by atoms with van der Waals surface area (Å²) in [4.78, 5) is 17.8. The average molecular weight is 383 g/mol. The number of aromatic nitrogens is 1. The van der Waals surface area contributed by atoms with Gasteiger partial charge in [-0.3, -0.25) is 4.79 Å². The molecule has 25 heavy (non-hydrogen) atoms. The molecule has 0 unspecified atom stereocenters. The lowest BCUT2D eigenvalue weighted by Gasteiger charge is -2.29. The number of aryl methyl sites for hydroxylation is 1. The van der Waals surface area contributed by atoms with Gasteiger partial charge in [-0.2, -0.15) is 0 Å². The van der Waals surface area contributed by atoms with E-state index in [0.29, 0.717) is 32.5 Å². The van der Waals surface area contributed by atoms with Crippen LogP contribution in [0.25, 0.3) is 10.8 Å². The number of thiazole rings is 1. The Morgan fingerprint density at radius 1 is 1.44 bits per heavy atom. The predicted molar refractivity (Wildman–Crippen MR) is 95.5 cm³/mol. The van der Waals surface area contributed by atoms with Gasteiger partial charge in [0.15, 0.2) is 10.8 Å². The van der Waals surface area contributed by atoms with Crippen molar-refractivity contribution >= 4 is 27.3 Å². The highest BCUT2D eigenvalue weighted by atomic mass is 32.2. The third kappa shape index (κ3) is 4.28. The van der Waals surface area contributed by atoms with Gasteiger partial charge in [0.25, 0.3) is 0 Å². The highest BCUT2D eigenvalue weighted by molar-refractivity contribution is 7.88. The van der Waals surface area contributed by atoms with Crippen LogP contribution in [0.3, 0.4) is 0 Å². The minimum Gasteiger partial charge on any atom is -0.462 e. The number of hydrogen-bond acceptors (Lipinski definition) is 6. The Kier molecular flexibility index (Phi) is 5.26. The third-order valence-corrected chi connectivity index (χ3v) is 6.82. The maximum Gasteiger partial charge on any atom is 0.223 e. The quantitative estimate of drug-likeness (QED) is 0.852. The van der Waals surface area contributed by atoms with Gasteiger partial charge in [-0.25, -0.2) is 17.7 Å². The van der Waals surface area contributed by atoms with Crippen LogP contribution in [0.4, 0.5) is 0 Å². The van der Waals surface area contributed by atoms with E-state index in [0.717, 1.165) is 21.3 Å². The third-order valence-electron chi connectivity index (χ3n) is 4.34. The molecule has 1 N–H and O–H groups in total. The Labute approximate surface area is 151 Å². The Hall–Kier alpha value is -1.71. The van der Waals surface area contributed by atoms with E-state index >= 15 is 0 Å². The number of sulfonamides is 1. The maximum absolute atomic E-state index is 12.4. The molecule has 0 aliphatic carbocycles. The van der Waals surface area contributed by atoms with E-state index in [9.17, 15) is 13.2 Å². The Bertz CT molecular complexity index is 835. The molecule has 1 amide bonds. The molecule has 7 nitrogen and oxygen atoms in total. The van der Waals surface area contributed by atoms with E-state index in [1.807, 2.05) is 19.1 Å². The van der Waals surface area contributed by atoms with E-state index in [-0.39, 0.29) is 11.8 Å². The van der Waals surface area contributed by atoms with Crippen molar-refractivity contribution in [3.63, 3.8) is 0 Å². The van der Waals surface area contributed by atoms with Crippen LogP contribution in [0.5, 0.6) is 0 Å². The molecule has 1 saturated heterocycles. The number of hydrogen-bond donors (Lipinski definition) is 1. The fourth-order valence-corrected chi connectivity index (χ4v) is 4.70. The van der Waals surface area contributed by atoms with Crippen molar-refractivity contribution in [1.29, 1.82) is 0 Å². The first-order chi connectivity index (χ1) is 11.8. The molecule has 3 heterocycles. The molecule has 0 bridgehead atoms. The van der Waals surface area contributed by atoms with E-state index < -0.39 is 10.0 Å². The molecule has 0 atom stereocenters. The molecule has 0 saturated carbocycles. The van der Waals surface area contributed by atoms with Crippen molar-refractivity contribution in [1.82, 2.24) is 14.6 Å². The second-order valence-corrected chi connectivity index (χ2v) is 9.23. The number of rotatable bonds is 5. The summed E-state index contributed by atoms with van der Waals surface area (Å²) in [5.74, 6) is 0.551. The van der Waals surface area contributed by atoms with Crippen molar-refractivity contribution in [2.24, 2.45) is 5.92 Å². The molecule has 3 rings (SSSR count). The molecule has 0 radical (unpaired) electrons. The van der Waals surface area contributed by atoms with E-state index in [2.05, 4.69) is 10.3 Å². The second kappa shape index (κ2) is 7.27. The number of carbonyl (C=O) groups excluding carboxylic acids is 1. The van der Waals surface area contributed by atoms with Crippen LogP contribution in [0.15, 0.2) is 22.8 Å². The molecule has 1 aliphatic rings. The molecule has 1 fully saturated rings. The molecule has 1 aliphatic heterocycles. The normalized spacial score (nSPS) is 16.9. The monoisotopic (exact) mass is 383 g/mol. The number of nitrogens with zero attached hydrogens (tertiary/aromatic N) is 2. The summed E-state index contributed by atoms with van der Waals surface area (Å²) in [5.41, 5.74) is 0.878. The number of nitrogens with one attached hydrogen (secondary N) is 1. The van der Waals surface area contributed by atoms with Gasteiger partial charge in [0.05, 0.1) is 24.8 Å². The van der Waals surface area contributed by atoms with Gasteiger partial charge in [-0.15, -0.1) is 11.3 Å². The molecular weight excluding hydrogens is 362 g/mol. The topological polar surface area (TPSA) is 92.5 Å². The summed E-state index contributed by atoms with van der Waals surface area (Å²) in [6.45, 7) is 3.14. The summed E-state index contributed by atoms with van der Waals surface area (Å²) < 4.78 is 29.8. The van der Waals surface area contributed by atoms with Crippen molar-refractivity contribution < 1.29 is 17.6 Å². The van der Waals surface area contributed by atoms with Gasteiger partial charge in [-0.1, -0.05) is 0 Å². The lowest BCUT2D eigenvalue weighted by atomic mass is 9.97. The first-order valence-electron chi connectivity index (χ1n) is 8.07. The molecular formula is C16H21N3O4S2. The minimum atomic E-state index is -3.17. The zero-order valence-electron chi connectivity index (χ0n) is 14.2. The summed E-state index contributed by atoms with van der Waals surface area (Å²) >= 11 is 1.50. The lowest BCUT2D eigenvalue weighted by Crippen LogP contribution is -2.42. The minimum absolute atomic E-state index is 0.0273. The van der Waals surface area contributed by atoms with Gasteiger partial charge in [0.2, 0.25) is 15.9 Å². The van der Waals surface area contributed by atoms with E-state index in [4.69, 9.17) is 4.42 Å². The van der Waals surface area contributed by atoms with Crippen LogP contribution in [0.1, 0.15) is 23.4 Å². The van der Waals surface area contributed by atoms with Crippen molar-refractivity contribution in [2.45, 2.75) is 26.3 Å². The molecule has 136 valence electrons. The second-order valence-electron chi connectivity index (χ2n) is 6.16. The fraction of sp³-hybridized carbons (Fsp3) is 0.500. The van der Waals surface area contributed by atoms with Crippen molar-refractivity contribution in [2.75, 3.05) is 19.3 Å². The van der Waals surface area contributed by atoms with Gasteiger partial charge >= 0.3 is 0 Å². The Balaban J connectivity index is 1.55. The fourth-order valence-electron chi connectivity index (χ4n) is 2.86. The molecule has 0 spiro atoms. The number of carbonyl (C=O) groups is 1. The van der Waals surface area contributed by atoms with E-state index in [1.54, 1.807) is 6.26 Å². The molecule has 2 aromatic rings. The van der Waals surface area contributed by atoms with Crippen LogP contribution in [-0.4, -0.2) is 43.0 Å². The van der Waals surface area contributed by atoms with Crippen LogP contribution in [0.2, 0.25) is 0 Å². The number of furan rings is 1. The van der Waals surface area contributed by atoms with Crippen LogP contribution < -0.4 is 5.32 Å². The summed E-state index contributed by atoms with van der Waals surface area (Å²) in [7, 11) is -3.17. The summed E-state index contributed by atoms with van der Waals surface area (Å²) in [6, 6.07) is 3.67. The van der Waals surface area contributed by atoms with E-state index in [1.165, 1.54) is 21.9 Å². The predicted octanol–water partition coefficient (Wildman–Crippen LogP) is 2.00. The Morgan fingerprint density at radius 3 is 2.76 bits per heavy atom. The van der Waals surface area contributed by atoms with Gasteiger partial charge in [0.1, 0.15) is 0 Å². The SMILES string of the molecule is Cc1nc(-c2ccco2)sc1CNC(=O)C1CCN(S(C)(=O)=O)CC1. The van der Waals surface area contributed by atoms with Gasteiger partial charge in [0, 0.05) is 23.9 Å². The van der Waals surface area contributed by atoms with Gasteiger partial charge < -0.3 is 9.73 Å². The van der Waals surface area contributed by atoms with Gasteiger partial charge in [-0.05, 0) is 31.9 Å². The zero-order valence-corrected chi connectivity index (χ0v) is 15.8.